The van der Waals surface area contributed by atoms with E-state index >= 15 is 0 Å². The van der Waals surface area contributed by atoms with Crippen LogP contribution in [0.25, 0.3) is 11.1 Å². The predicted octanol–water partition coefficient (Wildman–Crippen LogP) is 4.71. The van der Waals surface area contributed by atoms with Crippen molar-refractivity contribution in [2.75, 3.05) is 13.1 Å². The van der Waals surface area contributed by atoms with E-state index in [2.05, 4.69) is 39.5 Å². The van der Waals surface area contributed by atoms with Crippen molar-refractivity contribution in [3.05, 3.63) is 89.7 Å². The van der Waals surface area contributed by atoms with E-state index < -0.39 is 11.7 Å². The van der Waals surface area contributed by atoms with Crippen LogP contribution in [-0.2, 0) is 12.7 Å². The van der Waals surface area contributed by atoms with Gasteiger partial charge in [0.25, 0.3) is 0 Å². The number of benzene rings is 2. The van der Waals surface area contributed by atoms with Crippen LogP contribution in [0.15, 0.2) is 73.1 Å². The van der Waals surface area contributed by atoms with E-state index in [1.54, 1.807) is 12.3 Å². The minimum atomic E-state index is -4.30. The summed E-state index contributed by atoms with van der Waals surface area (Å²) in [5.41, 5.74) is 3.65. The highest BCUT2D eigenvalue weighted by atomic mass is 19.4. The molecule has 154 valence electrons. The Labute approximate surface area is 173 Å². The molecule has 0 spiro atoms. The fraction of sp³-hybridized carbons (Fsp3) is 0.292. The van der Waals surface area contributed by atoms with Crippen molar-refractivity contribution in [2.45, 2.75) is 30.7 Å². The fourth-order valence-corrected chi connectivity index (χ4v) is 4.85. The van der Waals surface area contributed by atoms with Crippen molar-refractivity contribution in [1.29, 1.82) is 0 Å². The van der Waals surface area contributed by atoms with Crippen molar-refractivity contribution in [2.24, 2.45) is 0 Å². The highest BCUT2D eigenvalue weighted by Crippen LogP contribution is 2.44. The molecule has 0 radical (unpaired) electrons. The average molecular weight is 409 g/mol. The van der Waals surface area contributed by atoms with Crippen LogP contribution in [0.2, 0.25) is 0 Å². The Morgan fingerprint density at radius 2 is 1.70 bits per heavy atom. The number of piperazine rings is 1. The summed E-state index contributed by atoms with van der Waals surface area (Å²) >= 11 is 0. The first-order valence-electron chi connectivity index (χ1n) is 10.1. The monoisotopic (exact) mass is 409 g/mol. The van der Waals surface area contributed by atoms with E-state index in [9.17, 15) is 13.2 Å². The van der Waals surface area contributed by atoms with Crippen LogP contribution in [0.3, 0.4) is 0 Å². The topological polar surface area (TPSA) is 28.2 Å². The van der Waals surface area contributed by atoms with E-state index in [0.29, 0.717) is 30.1 Å². The van der Waals surface area contributed by atoms with Gasteiger partial charge in [0.1, 0.15) is 0 Å². The highest BCUT2D eigenvalue weighted by Gasteiger charge is 2.51. The molecule has 1 N–H and O–H groups in total. The van der Waals surface area contributed by atoms with Crippen LogP contribution >= 0.6 is 0 Å². The van der Waals surface area contributed by atoms with E-state index in [4.69, 9.17) is 0 Å². The first-order valence-corrected chi connectivity index (χ1v) is 10.1. The Bertz CT molecular complexity index is 1010. The van der Waals surface area contributed by atoms with Crippen LogP contribution in [0, 0.1) is 0 Å². The summed E-state index contributed by atoms with van der Waals surface area (Å²) in [6.45, 7) is 2.25. The third-order valence-electron chi connectivity index (χ3n) is 6.30. The van der Waals surface area contributed by atoms with Crippen molar-refractivity contribution in [1.82, 2.24) is 15.2 Å². The van der Waals surface area contributed by atoms with Crippen LogP contribution in [-0.4, -0.2) is 35.1 Å². The highest BCUT2D eigenvalue weighted by molar-refractivity contribution is 5.62. The molecule has 2 saturated heterocycles. The zero-order valence-electron chi connectivity index (χ0n) is 16.3. The number of rotatable bonds is 4. The summed E-state index contributed by atoms with van der Waals surface area (Å²) in [5, 5.41) is 3.44. The molecule has 2 fully saturated rings. The minimum Gasteiger partial charge on any atom is -0.314 e. The molecular formula is C24H22F3N3. The summed E-state index contributed by atoms with van der Waals surface area (Å²) in [4.78, 5) is 6.52. The Balaban J connectivity index is 1.33. The molecule has 6 heteroatoms. The van der Waals surface area contributed by atoms with Crippen molar-refractivity contribution in [3.8, 4) is 11.1 Å². The molecule has 5 rings (SSSR count). The lowest BCUT2D eigenvalue weighted by Crippen LogP contribution is -2.72. The van der Waals surface area contributed by atoms with Gasteiger partial charge in [0, 0.05) is 50.0 Å². The van der Waals surface area contributed by atoms with E-state index in [1.165, 1.54) is 17.7 Å². The zero-order valence-corrected chi connectivity index (χ0v) is 16.3. The number of piperidine rings is 1. The number of hydrogen-bond acceptors (Lipinski definition) is 3. The van der Waals surface area contributed by atoms with Crippen LogP contribution in [0.5, 0.6) is 0 Å². The lowest BCUT2D eigenvalue weighted by atomic mass is 9.72. The van der Waals surface area contributed by atoms with Gasteiger partial charge in [-0.15, -0.1) is 0 Å². The molecule has 1 unspecified atom stereocenters. The van der Waals surface area contributed by atoms with Gasteiger partial charge in [0.2, 0.25) is 0 Å². The lowest BCUT2D eigenvalue weighted by Gasteiger charge is -2.59. The Morgan fingerprint density at radius 1 is 0.933 bits per heavy atom. The summed E-state index contributed by atoms with van der Waals surface area (Å²) in [6.07, 6.45) is -0.686. The fourth-order valence-electron chi connectivity index (χ4n) is 4.85. The second-order valence-electron chi connectivity index (χ2n) is 8.05. The smallest absolute Gasteiger partial charge is 0.314 e. The quantitative estimate of drug-likeness (QED) is 0.677. The molecule has 3 nitrogen and oxygen atoms in total. The molecule has 2 bridgehead atoms. The van der Waals surface area contributed by atoms with Crippen LogP contribution in [0.4, 0.5) is 13.2 Å². The van der Waals surface area contributed by atoms with Gasteiger partial charge in [-0.1, -0.05) is 48.5 Å². The molecule has 3 atom stereocenters. The molecule has 3 aromatic rings. The second kappa shape index (κ2) is 7.52. The number of nitrogens with one attached hydrogen (secondary N) is 1. The molecule has 3 heterocycles. The van der Waals surface area contributed by atoms with Gasteiger partial charge in [-0.25, -0.2) is 0 Å². The first kappa shape index (κ1) is 19.3. The number of hydrogen-bond donors (Lipinski definition) is 1. The molecule has 0 amide bonds. The van der Waals surface area contributed by atoms with Gasteiger partial charge in [0.15, 0.2) is 0 Å². The molecule has 2 aromatic carbocycles. The van der Waals surface area contributed by atoms with Crippen LogP contribution in [0.1, 0.15) is 22.6 Å². The molecule has 30 heavy (non-hydrogen) atoms. The maximum Gasteiger partial charge on any atom is 0.416 e. The minimum absolute atomic E-state index is 0.294. The number of alkyl halides is 3. The number of fused-ring (bicyclic) bond motifs is 2. The molecule has 2 aliphatic rings. The van der Waals surface area contributed by atoms with Gasteiger partial charge in [-0.3, -0.25) is 9.88 Å². The molecule has 1 aromatic heterocycles. The van der Waals surface area contributed by atoms with Gasteiger partial charge >= 0.3 is 6.18 Å². The number of aromatic nitrogens is 1. The lowest BCUT2D eigenvalue weighted by molar-refractivity contribution is -0.137. The van der Waals surface area contributed by atoms with Gasteiger partial charge in [-0.2, -0.15) is 13.2 Å². The maximum atomic E-state index is 13.0. The molecule has 0 saturated carbocycles. The maximum absolute atomic E-state index is 13.0. The molecular weight excluding hydrogens is 387 g/mol. The third-order valence-corrected chi connectivity index (χ3v) is 6.30. The summed E-state index contributed by atoms with van der Waals surface area (Å²) in [7, 11) is 0. The van der Waals surface area contributed by atoms with E-state index in [-0.39, 0.29) is 0 Å². The Kier molecular flexibility index (Phi) is 4.83. The summed E-state index contributed by atoms with van der Waals surface area (Å²) in [5.74, 6) is 0.403. The number of nitrogens with zero attached hydrogens (tertiary/aromatic N) is 2. The average Bonchev–Trinajstić information content (AvgIpc) is 2.78. The van der Waals surface area contributed by atoms with Crippen molar-refractivity contribution < 1.29 is 13.2 Å². The summed E-state index contributed by atoms with van der Waals surface area (Å²) in [6, 6.07) is 18.9. The van der Waals surface area contributed by atoms with E-state index in [1.807, 2.05) is 18.3 Å². The van der Waals surface area contributed by atoms with Crippen molar-refractivity contribution in [3.63, 3.8) is 0 Å². The predicted molar refractivity (Wildman–Crippen MR) is 110 cm³/mol. The number of halogens is 3. The van der Waals surface area contributed by atoms with E-state index in [0.717, 1.165) is 30.3 Å². The Morgan fingerprint density at radius 3 is 2.37 bits per heavy atom. The largest absolute Gasteiger partial charge is 0.416 e. The van der Waals surface area contributed by atoms with Gasteiger partial charge in [0.05, 0.1) is 5.56 Å². The standard InChI is InChI=1S/C24H22F3N3/c25-24(26,27)20-5-1-3-16(11-20)15-30-21-13-29-14-22(30)23(21)18-8-6-17(7-9-18)19-4-2-10-28-12-19/h1-12,21-23,29H,13-15H2/t21-,22+,23?. The molecule has 0 aliphatic carbocycles. The van der Waals surface area contributed by atoms with Gasteiger partial charge in [-0.05, 0) is 34.4 Å². The zero-order chi connectivity index (χ0) is 20.7. The SMILES string of the molecule is FC(F)(F)c1cccc(CN2[C@@H]3CNC[C@H]2C3c2ccc(-c3cccnc3)cc2)c1. The first-order chi connectivity index (χ1) is 14.5. The van der Waals surface area contributed by atoms with Crippen LogP contribution < -0.4 is 5.32 Å². The molecule has 2 aliphatic heterocycles. The normalized spacial score (nSPS) is 23.8. The Hall–Kier alpha value is -2.70. The van der Waals surface area contributed by atoms with Gasteiger partial charge < -0.3 is 5.32 Å². The third kappa shape index (κ3) is 3.50. The van der Waals surface area contributed by atoms with Crippen molar-refractivity contribution >= 4 is 0 Å². The second-order valence-corrected chi connectivity index (χ2v) is 8.05. The summed E-state index contributed by atoms with van der Waals surface area (Å²) < 4.78 is 39.1. The number of pyridine rings is 1.